The lowest BCUT2D eigenvalue weighted by Crippen LogP contribution is -2.43. The highest BCUT2D eigenvalue weighted by molar-refractivity contribution is 7.89. The number of ether oxygens (including phenoxy) is 2. The van der Waals surface area contributed by atoms with Crippen LogP contribution < -0.4 is 10.5 Å². The van der Waals surface area contributed by atoms with Crippen LogP contribution in [0.2, 0.25) is 0 Å². The molecule has 4 rings (SSSR count). The van der Waals surface area contributed by atoms with Crippen molar-refractivity contribution >= 4 is 22.1 Å². The number of benzene rings is 1. The van der Waals surface area contributed by atoms with Gasteiger partial charge >= 0.3 is 0 Å². The van der Waals surface area contributed by atoms with Gasteiger partial charge in [-0.25, -0.2) is 22.2 Å². The predicted molar refractivity (Wildman–Crippen MR) is 181 cm³/mol. The molecule has 2 saturated heterocycles. The Labute approximate surface area is 274 Å². The Kier molecular flexibility index (Phi) is 14.9. The topological polar surface area (TPSA) is 110 Å². The summed E-state index contributed by atoms with van der Waals surface area (Å²) in [6, 6.07) is 3.32. The summed E-state index contributed by atoms with van der Waals surface area (Å²) in [7, 11) is -3.31. The number of likely N-dealkylation sites (tertiary alicyclic amines) is 1. The van der Waals surface area contributed by atoms with Crippen LogP contribution >= 0.6 is 0 Å². The Bertz CT molecular complexity index is 1410. The van der Waals surface area contributed by atoms with Gasteiger partial charge in [-0.1, -0.05) is 26.3 Å². The van der Waals surface area contributed by atoms with E-state index in [1.807, 2.05) is 19.9 Å². The molecule has 3 heterocycles. The van der Waals surface area contributed by atoms with E-state index in [0.29, 0.717) is 63.5 Å². The van der Waals surface area contributed by atoms with E-state index in [0.717, 1.165) is 42.2 Å². The molecule has 0 aromatic heterocycles. The molecule has 0 spiro atoms. The van der Waals surface area contributed by atoms with Crippen LogP contribution in [0, 0.1) is 11.6 Å². The van der Waals surface area contributed by atoms with Gasteiger partial charge in [-0.15, -0.1) is 0 Å². The van der Waals surface area contributed by atoms with Crippen LogP contribution in [0.4, 0.5) is 8.78 Å². The summed E-state index contributed by atoms with van der Waals surface area (Å²) in [5.41, 5.74) is 9.36. The molecule has 1 atom stereocenters. The predicted octanol–water partition coefficient (Wildman–Crippen LogP) is 6.34. The van der Waals surface area contributed by atoms with Crippen LogP contribution in [0.1, 0.15) is 79.6 Å². The summed E-state index contributed by atoms with van der Waals surface area (Å²) >= 11 is 0. The van der Waals surface area contributed by atoms with Crippen molar-refractivity contribution < 1.29 is 26.7 Å². The molecule has 0 aliphatic carbocycles. The molecule has 1 aromatic rings. The number of nitrogens with zero attached hydrogens (tertiary/aromatic N) is 4. The first-order valence-corrected chi connectivity index (χ1v) is 18.0. The molecule has 0 amide bonds. The zero-order valence-electron chi connectivity index (χ0n) is 28.0. The number of halogens is 2. The third kappa shape index (κ3) is 10.5. The maximum atomic E-state index is 14.2. The van der Waals surface area contributed by atoms with E-state index in [1.54, 1.807) is 13.1 Å². The molecule has 1 unspecified atom stereocenters. The number of amidine groups is 1. The largest absolute Gasteiger partial charge is 0.487 e. The van der Waals surface area contributed by atoms with E-state index in [9.17, 15) is 17.2 Å². The SMILES string of the molecule is CCC.C\C=C(C(=NC1=C(C)CN(S(=O)(=O)CC)CC1)N1CCC(Oc2ccc(F)cc2F)CC1)/C(=C/N)/C=N/C1CCCCO1. The summed E-state index contributed by atoms with van der Waals surface area (Å²) in [6.07, 6.45) is 10.6. The van der Waals surface area contributed by atoms with E-state index in [-0.39, 0.29) is 23.8 Å². The molecule has 3 aliphatic rings. The molecule has 12 heteroatoms. The Morgan fingerprint density at radius 3 is 2.41 bits per heavy atom. The van der Waals surface area contributed by atoms with Crippen LogP contribution in [-0.2, 0) is 14.8 Å². The normalized spacial score (nSPS) is 21.4. The highest BCUT2D eigenvalue weighted by Crippen LogP contribution is 2.28. The van der Waals surface area contributed by atoms with Crippen LogP contribution in [0.15, 0.2) is 62.9 Å². The number of hydrogen-bond donors (Lipinski definition) is 1. The van der Waals surface area contributed by atoms with E-state index in [4.69, 9.17) is 20.2 Å². The van der Waals surface area contributed by atoms with Gasteiger partial charge < -0.3 is 20.1 Å². The molecule has 1 aromatic carbocycles. The van der Waals surface area contributed by atoms with Gasteiger partial charge in [0.05, 0.1) is 5.75 Å². The quantitative estimate of drug-likeness (QED) is 0.188. The monoisotopic (exact) mass is 663 g/mol. The van der Waals surface area contributed by atoms with Crippen molar-refractivity contribution in [2.75, 3.05) is 38.5 Å². The van der Waals surface area contributed by atoms with Crippen molar-refractivity contribution in [3.05, 3.63) is 64.5 Å². The first-order valence-electron chi connectivity index (χ1n) is 16.4. The lowest BCUT2D eigenvalue weighted by Gasteiger charge is -2.36. The molecule has 9 nitrogen and oxygen atoms in total. The lowest BCUT2D eigenvalue weighted by atomic mass is 10.0. The molecular formula is C34H51F2N5O4S. The Morgan fingerprint density at radius 2 is 1.85 bits per heavy atom. The molecule has 46 heavy (non-hydrogen) atoms. The number of nitrogens with two attached hydrogens (primary N) is 1. The minimum absolute atomic E-state index is 0.0342. The van der Waals surface area contributed by atoms with Gasteiger partial charge in [0.25, 0.3) is 0 Å². The molecule has 256 valence electrons. The molecule has 0 radical (unpaired) electrons. The summed E-state index contributed by atoms with van der Waals surface area (Å²) in [5.74, 6) is -0.571. The fourth-order valence-corrected chi connectivity index (χ4v) is 6.57. The minimum Gasteiger partial charge on any atom is -0.487 e. The van der Waals surface area contributed by atoms with Crippen molar-refractivity contribution in [2.45, 2.75) is 91.9 Å². The highest BCUT2D eigenvalue weighted by atomic mass is 32.2. The average Bonchev–Trinajstić information content (AvgIpc) is 3.05. The molecule has 2 N–H and O–H groups in total. The fraction of sp³-hybridized carbons (Fsp3) is 0.588. The fourth-order valence-electron chi connectivity index (χ4n) is 5.45. The lowest BCUT2D eigenvalue weighted by molar-refractivity contribution is 0.0227. The Hall–Kier alpha value is -3.09. The molecule has 0 saturated carbocycles. The summed E-state index contributed by atoms with van der Waals surface area (Å²) in [6.45, 7) is 12.2. The second kappa shape index (κ2) is 18.3. The third-order valence-electron chi connectivity index (χ3n) is 7.99. The Morgan fingerprint density at radius 1 is 1.13 bits per heavy atom. The number of rotatable bonds is 9. The van der Waals surface area contributed by atoms with Gasteiger partial charge in [0.2, 0.25) is 10.0 Å². The maximum Gasteiger partial charge on any atom is 0.214 e. The molecule has 3 aliphatic heterocycles. The summed E-state index contributed by atoms with van der Waals surface area (Å²) < 4.78 is 65.8. The second-order valence-electron chi connectivity index (χ2n) is 11.7. The zero-order chi connectivity index (χ0) is 33.7. The van der Waals surface area contributed by atoms with Crippen LogP contribution in [0.25, 0.3) is 0 Å². The number of hydrogen-bond acceptors (Lipinski definition) is 7. The van der Waals surface area contributed by atoms with Crippen LogP contribution in [0.5, 0.6) is 5.75 Å². The average molecular weight is 664 g/mol. The number of sulfonamides is 1. The van der Waals surface area contributed by atoms with E-state index >= 15 is 0 Å². The van der Waals surface area contributed by atoms with E-state index < -0.39 is 21.7 Å². The molecule has 2 fully saturated rings. The summed E-state index contributed by atoms with van der Waals surface area (Å²) in [4.78, 5) is 12.0. The van der Waals surface area contributed by atoms with Crippen LogP contribution in [-0.4, -0.2) is 80.5 Å². The van der Waals surface area contributed by atoms with Crippen molar-refractivity contribution in [2.24, 2.45) is 15.7 Å². The smallest absolute Gasteiger partial charge is 0.214 e. The minimum atomic E-state index is -3.31. The number of allylic oxidation sites excluding steroid dienone is 1. The number of aliphatic imine (C=N–C) groups is 2. The third-order valence-corrected chi connectivity index (χ3v) is 9.82. The van der Waals surface area contributed by atoms with Gasteiger partial charge in [0.1, 0.15) is 24.0 Å². The first kappa shape index (κ1) is 37.4. The standard InChI is InChI=1S/C31H43F2N5O4S.C3H8/c1-4-26(23(19-34)20-35-30-8-6-7-17-41-30)31(36-28-13-16-38(21-22(28)3)43(39,40)5-2)37-14-11-25(12-15-37)42-29-10-9-24(32)18-27(29)33;1-3-2/h4,9-10,18-20,25,30H,5-8,11-17,21,34H2,1-3H3;3H2,1-2H3/b23-19+,26-4+,35-20+,36-31?;. The Balaban J connectivity index is 0.00000185. The first-order chi connectivity index (χ1) is 22.1. The van der Waals surface area contributed by atoms with Crippen molar-refractivity contribution in [3.8, 4) is 5.75 Å². The van der Waals surface area contributed by atoms with Gasteiger partial charge in [-0.2, -0.15) is 4.31 Å². The molecule has 0 bridgehead atoms. The van der Waals surface area contributed by atoms with Crippen molar-refractivity contribution in [1.29, 1.82) is 0 Å². The maximum absolute atomic E-state index is 14.2. The number of piperidine rings is 1. The second-order valence-corrected chi connectivity index (χ2v) is 13.9. The van der Waals surface area contributed by atoms with Crippen molar-refractivity contribution in [3.63, 3.8) is 0 Å². The zero-order valence-corrected chi connectivity index (χ0v) is 28.8. The van der Waals surface area contributed by atoms with Gasteiger partial charge in [-0.05, 0) is 57.7 Å². The van der Waals surface area contributed by atoms with Crippen LogP contribution in [0.3, 0.4) is 0 Å². The van der Waals surface area contributed by atoms with E-state index in [2.05, 4.69) is 23.7 Å². The summed E-state index contributed by atoms with van der Waals surface area (Å²) in [5, 5.41) is 0. The molecular weight excluding hydrogens is 612 g/mol. The van der Waals surface area contributed by atoms with Gasteiger partial charge in [0.15, 0.2) is 11.6 Å². The van der Waals surface area contributed by atoms with Crippen molar-refractivity contribution in [1.82, 2.24) is 9.21 Å². The van der Waals surface area contributed by atoms with E-state index in [1.165, 1.54) is 29.1 Å². The van der Waals surface area contributed by atoms with Gasteiger partial charge in [-0.3, -0.25) is 4.99 Å². The van der Waals surface area contributed by atoms with Gasteiger partial charge in [0, 0.05) is 87.4 Å². The highest BCUT2D eigenvalue weighted by Gasteiger charge is 2.29.